The molecule has 1 rings (SSSR count). The minimum atomic E-state index is -0.461. The maximum atomic E-state index is 10.1. The fraction of sp³-hybridized carbons (Fsp3) is 0.588. The summed E-state index contributed by atoms with van der Waals surface area (Å²) in [5.41, 5.74) is 1.13. The highest BCUT2D eigenvalue weighted by molar-refractivity contribution is 5.80. The molecule has 2 unspecified atom stereocenters. The fourth-order valence-corrected chi connectivity index (χ4v) is 1.85. The second kappa shape index (κ2) is 9.40. The molecule has 1 aromatic carbocycles. The highest BCUT2D eigenvalue weighted by Crippen LogP contribution is 2.03. The maximum absolute atomic E-state index is 10.1. The fourth-order valence-electron chi connectivity index (χ4n) is 1.85. The van der Waals surface area contributed by atoms with E-state index in [9.17, 15) is 5.11 Å². The van der Waals surface area contributed by atoms with Crippen LogP contribution in [0.3, 0.4) is 0 Å². The Kier molecular flexibility index (Phi) is 7.83. The van der Waals surface area contributed by atoms with Gasteiger partial charge in [0.15, 0.2) is 5.96 Å². The van der Waals surface area contributed by atoms with Crippen molar-refractivity contribution in [2.45, 2.75) is 46.3 Å². The lowest BCUT2D eigenvalue weighted by Crippen LogP contribution is -2.44. The number of benzene rings is 1. The molecule has 0 aliphatic carbocycles. The molecule has 4 heteroatoms. The van der Waals surface area contributed by atoms with E-state index in [2.05, 4.69) is 36.4 Å². The van der Waals surface area contributed by atoms with E-state index in [-0.39, 0.29) is 0 Å². The smallest absolute Gasteiger partial charge is 0.191 e. The van der Waals surface area contributed by atoms with Crippen LogP contribution < -0.4 is 10.6 Å². The predicted octanol–water partition coefficient (Wildman–Crippen LogP) is 2.19. The van der Waals surface area contributed by atoms with Gasteiger partial charge in [-0.05, 0) is 25.3 Å². The zero-order chi connectivity index (χ0) is 15.7. The summed E-state index contributed by atoms with van der Waals surface area (Å²) in [6, 6.07) is 10.3. The molecule has 0 spiro atoms. The third kappa shape index (κ3) is 7.14. The lowest BCUT2D eigenvalue weighted by molar-refractivity contribution is 0.183. The number of aliphatic imine (C=N–C) groups is 1. The van der Waals surface area contributed by atoms with E-state index in [4.69, 9.17) is 0 Å². The number of rotatable bonds is 7. The standard InChI is InChI=1S/C17H29N3O/c1-5-18-17(20-14(4)13(2)3)19-12-16(21)11-15-9-7-6-8-10-15/h6-10,13-14,16,21H,5,11-12H2,1-4H3,(H2,18,19,20). The van der Waals surface area contributed by atoms with Crippen LogP contribution in [-0.4, -0.2) is 36.3 Å². The summed E-state index contributed by atoms with van der Waals surface area (Å²) in [7, 11) is 0. The van der Waals surface area contributed by atoms with Crippen molar-refractivity contribution in [3.05, 3.63) is 35.9 Å². The van der Waals surface area contributed by atoms with Gasteiger partial charge in [0, 0.05) is 19.0 Å². The van der Waals surface area contributed by atoms with E-state index in [1.165, 1.54) is 0 Å². The van der Waals surface area contributed by atoms with Crippen molar-refractivity contribution in [3.8, 4) is 0 Å². The van der Waals surface area contributed by atoms with Gasteiger partial charge in [-0.1, -0.05) is 44.2 Å². The van der Waals surface area contributed by atoms with Crippen molar-refractivity contribution in [1.29, 1.82) is 0 Å². The second-order valence-corrected chi connectivity index (χ2v) is 5.74. The molecular weight excluding hydrogens is 262 g/mol. The van der Waals surface area contributed by atoms with E-state index in [1.807, 2.05) is 37.3 Å². The first-order chi connectivity index (χ1) is 10.0. The summed E-state index contributed by atoms with van der Waals surface area (Å²) in [5.74, 6) is 1.30. The molecule has 21 heavy (non-hydrogen) atoms. The summed E-state index contributed by atoms with van der Waals surface area (Å²) in [4.78, 5) is 4.48. The molecule has 0 radical (unpaired) electrons. The molecule has 0 bridgehead atoms. The average Bonchev–Trinajstić information content (AvgIpc) is 2.46. The highest BCUT2D eigenvalue weighted by Gasteiger charge is 2.10. The third-order valence-corrected chi connectivity index (χ3v) is 3.48. The first-order valence-electron chi connectivity index (χ1n) is 7.79. The van der Waals surface area contributed by atoms with Crippen LogP contribution >= 0.6 is 0 Å². The van der Waals surface area contributed by atoms with Gasteiger partial charge in [-0.25, -0.2) is 0 Å². The van der Waals surface area contributed by atoms with Crippen LogP contribution in [0.25, 0.3) is 0 Å². The number of aliphatic hydroxyl groups is 1. The number of nitrogens with one attached hydrogen (secondary N) is 2. The quantitative estimate of drug-likeness (QED) is 0.533. The Morgan fingerprint density at radius 3 is 2.43 bits per heavy atom. The van der Waals surface area contributed by atoms with Gasteiger partial charge in [0.25, 0.3) is 0 Å². The summed E-state index contributed by atoms with van der Waals surface area (Å²) >= 11 is 0. The van der Waals surface area contributed by atoms with E-state index >= 15 is 0 Å². The molecule has 118 valence electrons. The number of hydrogen-bond acceptors (Lipinski definition) is 2. The second-order valence-electron chi connectivity index (χ2n) is 5.74. The predicted molar refractivity (Wildman–Crippen MR) is 89.6 cm³/mol. The monoisotopic (exact) mass is 291 g/mol. The van der Waals surface area contributed by atoms with Crippen molar-refractivity contribution in [2.75, 3.05) is 13.1 Å². The Balaban J connectivity index is 2.52. The molecule has 1 aromatic rings. The molecule has 4 nitrogen and oxygen atoms in total. The molecule has 0 aromatic heterocycles. The molecule has 0 amide bonds. The molecule has 0 heterocycles. The minimum Gasteiger partial charge on any atom is -0.391 e. The first-order valence-corrected chi connectivity index (χ1v) is 7.79. The normalized spacial score (nSPS) is 14.9. The highest BCUT2D eigenvalue weighted by atomic mass is 16.3. The Morgan fingerprint density at radius 2 is 1.86 bits per heavy atom. The van der Waals surface area contributed by atoms with Gasteiger partial charge in [-0.3, -0.25) is 4.99 Å². The number of nitrogens with zero attached hydrogens (tertiary/aromatic N) is 1. The molecular formula is C17H29N3O. The molecule has 0 fully saturated rings. The van der Waals surface area contributed by atoms with Crippen LogP contribution in [0.2, 0.25) is 0 Å². The van der Waals surface area contributed by atoms with Crippen molar-refractivity contribution < 1.29 is 5.11 Å². The van der Waals surface area contributed by atoms with Crippen molar-refractivity contribution in [1.82, 2.24) is 10.6 Å². The topological polar surface area (TPSA) is 56.7 Å². The largest absolute Gasteiger partial charge is 0.391 e. The van der Waals surface area contributed by atoms with Crippen LogP contribution in [0.5, 0.6) is 0 Å². The summed E-state index contributed by atoms with van der Waals surface area (Å²) < 4.78 is 0. The van der Waals surface area contributed by atoms with Crippen molar-refractivity contribution in [3.63, 3.8) is 0 Å². The lowest BCUT2D eigenvalue weighted by Gasteiger charge is -2.21. The molecule has 2 atom stereocenters. The number of hydrogen-bond donors (Lipinski definition) is 3. The molecule has 0 saturated carbocycles. The minimum absolute atomic E-state index is 0.342. The van der Waals surface area contributed by atoms with E-state index in [0.717, 1.165) is 18.1 Å². The van der Waals surface area contributed by atoms with Gasteiger partial charge in [0.1, 0.15) is 0 Å². The maximum Gasteiger partial charge on any atom is 0.191 e. The van der Waals surface area contributed by atoms with E-state index in [1.54, 1.807) is 0 Å². The number of guanidine groups is 1. The molecule has 0 aliphatic heterocycles. The molecule has 0 aliphatic rings. The number of aliphatic hydroxyl groups excluding tert-OH is 1. The van der Waals surface area contributed by atoms with Gasteiger partial charge in [0.05, 0.1) is 12.6 Å². The molecule has 3 N–H and O–H groups in total. The first kappa shape index (κ1) is 17.5. The Morgan fingerprint density at radius 1 is 1.19 bits per heavy atom. The third-order valence-electron chi connectivity index (χ3n) is 3.48. The van der Waals surface area contributed by atoms with E-state index in [0.29, 0.717) is 24.9 Å². The Bertz CT molecular complexity index is 417. The zero-order valence-corrected chi connectivity index (χ0v) is 13.6. The van der Waals surface area contributed by atoms with Gasteiger partial charge in [0.2, 0.25) is 0 Å². The van der Waals surface area contributed by atoms with Crippen LogP contribution in [0.1, 0.15) is 33.3 Å². The van der Waals surface area contributed by atoms with Crippen molar-refractivity contribution >= 4 is 5.96 Å². The van der Waals surface area contributed by atoms with Crippen LogP contribution in [-0.2, 0) is 6.42 Å². The van der Waals surface area contributed by atoms with Gasteiger partial charge in [-0.2, -0.15) is 0 Å². The van der Waals surface area contributed by atoms with Gasteiger partial charge in [-0.15, -0.1) is 0 Å². The zero-order valence-electron chi connectivity index (χ0n) is 13.6. The molecule has 0 saturated heterocycles. The van der Waals surface area contributed by atoms with Gasteiger partial charge < -0.3 is 15.7 Å². The lowest BCUT2D eigenvalue weighted by atomic mass is 10.1. The Hall–Kier alpha value is -1.55. The summed E-state index contributed by atoms with van der Waals surface area (Å²) in [5, 5.41) is 16.7. The Labute approximate surface area is 128 Å². The van der Waals surface area contributed by atoms with E-state index < -0.39 is 6.10 Å². The average molecular weight is 291 g/mol. The van der Waals surface area contributed by atoms with Crippen LogP contribution in [0, 0.1) is 5.92 Å². The van der Waals surface area contributed by atoms with Crippen LogP contribution in [0.15, 0.2) is 35.3 Å². The SMILES string of the molecule is CCNC(=NCC(O)Cc1ccccc1)NC(C)C(C)C. The van der Waals surface area contributed by atoms with Crippen LogP contribution in [0.4, 0.5) is 0 Å². The summed E-state index contributed by atoms with van der Waals surface area (Å²) in [6.07, 6.45) is 0.168. The summed E-state index contributed by atoms with van der Waals surface area (Å²) in [6.45, 7) is 9.73. The van der Waals surface area contributed by atoms with Gasteiger partial charge >= 0.3 is 0 Å². The van der Waals surface area contributed by atoms with Crippen molar-refractivity contribution in [2.24, 2.45) is 10.9 Å².